The summed E-state index contributed by atoms with van der Waals surface area (Å²) in [4.78, 5) is 0. The Kier molecular flexibility index (Phi) is 12.8. The third kappa shape index (κ3) is 12.4. The fourth-order valence-electron chi connectivity index (χ4n) is 0.861. The van der Waals surface area contributed by atoms with Crippen LogP contribution in [0.1, 0.15) is 60.8 Å². The topological polar surface area (TPSA) is 0 Å². The summed E-state index contributed by atoms with van der Waals surface area (Å²) in [5.74, 6) is 0.899. The molecule has 74 valence electrons. The predicted octanol–water partition coefficient (Wildman–Crippen LogP) is 4.81. The summed E-state index contributed by atoms with van der Waals surface area (Å²) < 4.78 is 0. The highest BCUT2D eigenvalue weighted by molar-refractivity contribution is 4.92. The predicted molar refractivity (Wildman–Crippen MR) is 59.5 cm³/mol. The molecule has 12 heavy (non-hydrogen) atoms. The zero-order chi connectivity index (χ0) is 9.98. The van der Waals surface area contributed by atoms with Crippen LogP contribution in [-0.2, 0) is 0 Å². The van der Waals surface area contributed by atoms with Gasteiger partial charge in [-0.2, -0.15) is 0 Å². The lowest BCUT2D eigenvalue weighted by Gasteiger charge is -2.04. The molecular weight excluding hydrogens is 144 g/mol. The molecule has 0 rings (SSSR count). The highest BCUT2D eigenvalue weighted by atomic mass is 14.0. The Morgan fingerprint density at radius 3 is 2.08 bits per heavy atom. The second kappa shape index (κ2) is 10.7. The van der Waals surface area contributed by atoms with Crippen molar-refractivity contribution in [1.82, 2.24) is 0 Å². The largest absolute Gasteiger partial charge is 0.0859 e. The molecule has 0 aliphatic rings. The molecule has 0 amide bonds. The average Bonchev–Trinajstić information content (AvgIpc) is 2.07. The van der Waals surface area contributed by atoms with Gasteiger partial charge in [-0.25, -0.2) is 0 Å². The standard InChI is InChI=1S/C10H20.C2H6/c1-5-10(4)8-6-7-9(2)3;1-2/h7,10H,5-6,8H2,1-4H3;1-2H3. The van der Waals surface area contributed by atoms with E-state index in [2.05, 4.69) is 33.8 Å². The first kappa shape index (κ1) is 14.3. The highest BCUT2D eigenvalue weighted by Gasteiger charge is 1.94. The highest BCUT2D eigenvalue weighted by Crippen LogP contribution is 2.10. The lowest BCUT2D eigenvalue weighted by molar-refractivity contribution is 0.521. The molecule has 0 radical (unpaired) electrons. The Morgan fingerprint density at radius 1 is 1.25 bits per heavy atom. The normalized spacial score (nSPS) is 11.2. The van der Waals surface area contributed by atoms with Gasteiger partial charge < -0.3 is 0 Å². The molecule has 0 nitrogen and oxygen atoms in total. The first-order chi connectivity index (χ1) is 5.66. The van der Waals surface area contributed by atoms with Crippen LogP contribution >= 0.6 is 0 Å². The van der Waals surface area contributed by atoms with Crippen LogP contribution in [0.25, 0.3) is 0 Å². The van der Waals surface area contributed by atoms with Crippen molar-refractivity contribution < 1.29 is 0 Å². The Bertz CT molecular complexity index is 96.6. The molecule has 0 heterocycles. The van der Waals surface area contributed by atoms with E-state index in [1.807, 2.05) is 13.8 Å². The van der Waals surface area contributed by atoms with Crippen molar-refractivity contribution in [2.75, 3.05) is 0 Å². The summed E-state index contributed by atoms with van der Waals surface area (Å²) in [6.45, 7) is 12.9. The lowest BCUT2D eigenvalue weighted by Crippen LogP contribution is -1.89. The molecule has 0 aliphatic heterocycles. The summed E-state index contributed by atoms with van der Waals surface area (Å²) in [6, 6.07) is 0. The fourth-order valence-corrected chi connectivity index (χ4v) is 0.861. The Balaban J connectivity index is 0. The van der Waals surface area contributed by atoms with Gasteiger partial charge >= 0.3 is 0 Å². The van der Waals surface area contributed by atoms with Gasteiger partial charge in [0, 0.05) is 0 Å². The van der Waals surface area contributed by atoms with Crippen LogP contribution in [0.2, 0.25) is 0 Å². The van der Waals surface area contributed by atoms with Crippen LogP contribution in [0.5, 0.6) is 0 Å². The van der Waals surface area contributed by atoms with Crippen molar-refractivity contribution in [1.29, 1.82) is 0 Å². The Labute approximate surface area is 79.1 Å². The minimum atomic E-state index is 0.899. The van der Waals surface area contributed by atoms with Crippen LogP contribution < -0.4 is 0 Å². The molecule has 0 N–H and O–H groups in total. The monoisotopic (exact) mass is 170 g/mol. The molecule has 0 aromatic carbocycles. The molecule has 0 saturated heterocycles. The zero-order valence-corrected chi connectivity index (χ0v) is 9.78. The summed E-state index contributed by atoms with van der Waals surface area (Å²) in [6.07, 6.45) is 6.25. The van der Waals surface area contributed by atoms with Gasteiger partial charge in [0.15, 0.2) is 0 Å². The van der Waals surface area contributed by atoms with Gasteiger partial charge in [-0.3, -0.25) is 0 Å². The fraction of sp³-hybridized carbons (Fsp3) is 0.833. The minimum Gasteiger partial charge on any atom is -0.0859 e. The van der Waals surface area contributed by atoms with Crippen LogP contribution in [0, 0.1) is 5.92 Å². The third-order valence-electron chi connectivity index (χ3n) is 1.91. The summed E-state index contributed by atoms with van der Waals surface area (Å²) in [7, 11) is 0. The molecular formula is C12H26. The molecule has 0 fully saturated rings. The average molecular weight is 170 g/mol. The van der Waals surface area contributed by atoms with E-state index in [9.17, 15) is 0 Å². The van der Waals surface area contributed by atoms with Crippen molar-refractivity contribution in [3.05, 3.63) is 11.6 Å². The van der Waals surface area contributed by atoms with E-state index in [0.29, 0.717) is 0 Å². The second-order valence-electron chi connectivity index (χ2n) is 3.37. The first-order valence-corrected chi connectivity index (χ1v) is 5.30. The molecule has 1 atom stereocenters. The minimum absolute atomic E-state index is 0.899. The van der Waals surface area contributed by atoms with Crippen LogP contribution in [0.3, 0.4) is 0 Å². The van der Waals surface area contributed by atoms with Gasteiger partial charge in [0.1, 0.15) is 0 Å². The van der Waals surface area contributed by atoms with E-state index in [1.165, 1.54) is 24.8 Å². The molecule has 0 aliphatic carbocycles. The Morgan fingerprint density at radius 2 is 1.75 bits per heavy atom. The molecule has 0 aromatic rings. The lowest BCUT2D eigenvalue weighted by atomic mass is 10.0. The van der Waals surface area contributed by atoms with E-state index in [1.54, 1.807) is 0 Å². The van der Waals surface area contributed by atoms with Crippen LogP contribution in [0.4, 0.5) is 0 Å². The quantitative estimate of drug-likeness (QED) is 0.531. The molecule has 0 bridgehead atoms. The van der Waals surface area contributed by atoms with Crippen molar-refractivity contribution >= 4 is 0 Å². The number of allylic oxidation sites excluding steroid dienone is 2. The van der Waals surface area contributed by atoms with Gasteiger partial charge in [-0.05, 0) is 32.6 Å². The second-order valence-corrected chi connectivity index (χ2v) is 3.37. The van der Waals surface area contributed by atoms with Crippen molar-refractivity contribution in [3.63, 3.8) is 0 Å². The maximum atomic E-state index is 2.33. The molecule has 1 unspecified atom stereocenters. The van der Waals surface area contributed by atoms with E-state index in [4.69, 9.17) is 0 Å². The van der Waals surface area contributed by atoms with Crippen LogP contribution in [0.15, 0.2) is 11.6 Å². The van der Waals surface area contributed by atoms with Gasteiger partial charge in [0.05, 0.1) is 0 Å². The first-order valence-electron chi connectivity index (χ1n) is 5.30. The van der Waals surface area contributed by atoms with Gasteiger partial charge in [-0.1, -0.05) is 45.8 Å². The molecule has 0 heteroatoms. The van der Waals surface area contributed by atoms with Crippen molar-refractivity contribution in [2.24, 2.45) is 5.92 Å². The van der Waals surface area contributed by atoms with Gasteiger partial charge in [-0.15, -0.1) is 0 Å². The third-order valence-corrected chi connectivity index (χ3v) is 1.91. The van der Waals surface area contributed by atoms with Crippen molar-refractivity contribution in [3.8, 4) is 0 Å². The van der Waals surface area contributed by atoms with Crippen molar-refractivity contribution in [2.45, 2.75) is 60.8 Å². The summed E-state index contributed by atoms with van der Waals surface area (Å²) >= 11 is 0. The summed E-state index contributed by atoms with van der Waals surface area (Å²) in [5, 5.41) is 0. The SMILES string of the molecule is CC.CCC(C)CCC=C(C)C. The zero-order valence-electron chi connectivity index (χ0n) is 9.78. The van der Waals surface area contributed by atoms with E-state index >= 15 is 0 Å². The number of hydrogen-bond acceptors (Lipinski definition) is 0. The Hall–Kier alpha value is -0.260. The van der Waals surface area contributed by atoms with E-state index in [0.717, 1.165) is 5.92 Å². The number of rotatable bonds is 4. The maximum absolute atomic E-state index is 2.33. The van der Waals surface area contributed by atoms with Gasteiger partial charge in [0.2, 0.25) is 0 Å². The molecule has 0 aromatic heterocycles. The van der Waals surface area contributed by atoms with Gasteiger partial charge in [0.25, 0.3) is 0 Å². The summed E-state index contributed by atoms with van der Waals surface area (Å²) in [5.41, 5.74) is 1.45. The van der Waals surface area contributed by atoms with E-state index < -0.39 is 0 Å². The van der Waals surface area contributed by atoms with E-state index in [-0.39, 0.29) is 0 Å². The smallest absolute Gasteiger partial charge is 0.0346 e. The number of hydrogen-bond donors (Lipinski definition) is 0. The maximum Gasteiger partial charge on any atom is -0.0346 e. The van der Waals surface area contributed by atoms with Crippen LogP contribution in [-0.4, -0.2) is 0 Å². The molecule has 0 saturated carbocycles. The molecule has 0 spiro atoms.